The Morgan fingerprint density at radius 1 is 1.56 bits per heavy atom. The monoisotopic (exact) mass is 317 g/mol. The van der Waals surface area contributed by atoms with Crippen LogP contribution in [0.1, 0.15) is 12.7 Å². The van der Waals surface area contributed by atoms with Crippen molar-refractivity contribution in [2.75, 3.05) is 0 Å². The number of benzene rings is 1. The molecule has 1 aromatic carbocycles. The van der Waals surface area contributed by atoms with E-state index in [0.717, 1.165) is 22.4 Å². The molecule has 1 N–H and O–H groups in total. The number of nitrogens with one attached hydrogen (secondary N) is 1. The Bertz CT molecular complexity index is 576. The summed E-state index contributed by atoms with van der Waals surface area (Å²) in [6.07, 6.45) is 0.788. The first kappa shape index (κ1) is 11.8. The van der Waals surface area contributed by atoms with E-state index in [0.29, 0.717) is 9.79 Å². The lowest BCUT2D eigenvalue weighted by Gasteiger charge is -2.08. The molecule has 0 spiro atoms. The number of nitrogens with zero attached hydrogens (tertiary/aromatic N) is 2. The molecule has 0 aliphatic heterocycles. The van der Waals surface area contributed by atoms with Gasteiger partial charge in [0.25, 0.3) is 0 Å². The van der Waals surface area contributed by atoms with Crippen LogP contribution in [0.3, 0.4) is 0 Å². The Hall–Kier alpha value is -0.650. The van der Waals surface area contributed by atoms with Crippen LogP contribution in [0.25, 0.3) is 5.69 Å². The summed E-state index contributed by atoms with van der Waals surface area (Å²) in [5.74, 6) is 0.866. The van der Waals surface area contributed by atoms with Crippen molar-refractivity contribution in [3.05, 3.63) is 38.3 Å². The van der Waals surface area contributed by atoms with E-state index >= 15 is 0 Å². The number of H-pyrrole nitrogens is 1. The van der Waals surface area contributed by atoms with Gasteiger partial charge in [0.2, 0.25) is 0 Å². The molecule has 1 aromatic heterocycles. The molecule has 0 bridgehead atoms. The maximum atomic E-state index is 6.16. The first-order chi connectivity index (χ1) is 7.63. The molecule has 0 saturated heterocycles. The van der Waals surface area contributed by atoms with Crippen molar-refractivity contribution in [2.24, 2.45) is 0 Å². The second-order valence-electron chi connectivity index (χ2n) is 3.23. The van der Waals surface area contributed by atoms with Crippen molar-refractivity contribution in [3.8, 4) is 5.69 Å². The maximum absolute atomic E-state index is 6.16. The van der Waals surface area contributed by atoms with E-state index in [1.807, 2.05) is 29.7 Å². The number of aromatic nitrogens is 3. The van der Waals surface area contributed by atoms with Crippen molar-refractivity contribution in [2.45, 2.75) is 13.3 Å². The standard InChI is InChI=1S/C10H9BrClN3S/c1-2-9-13-14-10(16)15(9)8-5-6(11)3-4-7(8)12/h3-5H,2H2,1H3,(H,14,16). The van der Waals surface area contributed by atoms with Crippen molar-refractivity contribution < 1.29 is 0 Å². The van der Waals surface area contributed by atoms with Gasteiger partial charge in [-0.05, 0) is 30.4 Å². The summed E-state index contributed by atoms with van der Waals surface area (Å²) in [7, 11) is 0. The Labute approximate surface area is 112 Å². The van der Waals surface area contributed by atoms with E-state index in [1.54, 1.807) is 0 Å². The minimum Gasteiger partial charge on any atom is -0.271 e. The number of aromatic amines is 1. The first-order valence-electron chi connectivity index (χ1n) is 4.75. The zero-order valence-corrected chi connectivity index (χ0v) is 11.7. The minimum atomic E-state index is 0.553. The number of hydrogen-bond donors (Lipinski definition) is 1. The van der Waals surface area contributed by atoms with Gasteiger partial charge in [0.15, 0.2) is 4.77 Å². The molecule has 0 unspecified atom stereocenters. The van der Waals surface area contributed by atoms with Crippen LogP contribution in [-0.2, 0) is 6.42 Å². The lowest BCUT2D eigenvalue weighted by Crippen LogP contribution is -2.01. The first-order valence-corrected chi connectivity index (χ1v) is 6.33. The predicted molar refractivity (Wildman–Crippen MR) is 70.8 cm³/mol. The lowest BCUT2D eigenvalue weighted by atomic mass is 10.3. The highest BCUT2D eigenvalue weighted by Gasteiger charge is 2.10. The molecule has 0 radical (unpaired) electrons. The molecule has 2 aromatic rings. The van der Waals surface area contributed by atoms with E-state index in [9.17, 15) is 0 Å². The summed E-state index contributed by atoms with van der Waals surface area (Å²) >= 11 is 14.8. The van der Waals surface area contributed by atoms with Gasteiger partial charge in [0.1, 0.15) is 5.82 Å². The average Bonchev–Trinajstić information content (AvgIpc) is 2.63. The predicted octanol–water partition coefficient (Wildman–Crippen LogP) is 3.91. The van der Waals surface area contributed by atoms with Gasteiger partial charge in [-0.3, -0.25) is 9.67 Å². The normalized spacial score (nSPS) is 10.7. The van der Waals surface area contributed by atoms with Crippen LogP contribution in [0.2, 0.25) is 5.02 Å². The van der Waals surface area contributed by atoms with Crippen LogP contribution in [0, 0.1) is 4.77 Å². The summed E-state index contributed by atoms with van der Waals surface area (Å²) in [5, 5.41) is 7.58. The highest BCUT2D eigenvalue weighted by atomic mass is 79.9. The molecule has 0 aliphatic carbocycles. The topological polar surface area (TPSA) is 33.6 Å². The van der Waals surface area contributed by atoms with E-state index in [-0.39, 0.29) is 0 Å². The third-order valence-corrected chi connectivity index (χ3v) is 3.29. The fraction of sp³-hybridized carbons (Fsp3) is 0.200. The molecule has 6 heteroatoms. The third-order valence-electron chi connectivity index (χ3n) is 2.21. The summed E-state index contributed by atoms with van der Waals surface area (Å²) in [4.78, 5) is 0. The van der Waals surface area contributed by atoms with Crippen LogP contribution in [0.4, 0.5) is 0 Å². The molecule has 0 amide bonds. The number of aryl methyl sites for hydroxylation is 1. The zero-order chi connectivity index (χ0) is 11.7. The fourth-order valence-corrected chi connectivity index (χ4v) is 2.27. The second-order valence-corrected chi connectivity index (χ2v) is 4.94. The van der Waals surface area contributed by atoms with E-state index in [1.165, 1.54) is 0 Å². The molecular formula is C10H9BrClN3S. The van der Waals surface area contributed by atoms with Crippen molar-refractivity contribution in [1.29, 1.82) is 0 Å². The Morgan fingerprint density at radius 3 is 3.00 bits per heavy atom. The van der Waals surface area contributed by atoms with E-state index < -0.39 is 0 Å². The molecule has 3 nitrogen and oxygen atoms in total. The zero-order valence-electron chi connectivity index (χ0n) is 8.50. The summed E-state index contributed by atoms with van der Waals surface area (Å²) in [5.41, 5.74) is 0.839. The van der Waals surface area contributed by atoms with Gasteiger partial charge in [-0.15, -0.1) is 0 Å². The van der Waals surface area contributed by atoms with Gasteiger partial charge in [0, 0.05) is 10.9 Å². The highest BCUT2D eigenvalue weighted by Crippen LogP contribution is 2.25. The number of hydrogen-bond acceptors (Lipinski definition) is 2. The van der Waals surface area contributed by atoms with Crippen molar-refractivity contribution in [3.63, 3.8) is 0 Å². The molecule has 0 fully saturated rings. The SMILES string of the molecule is CCc1n[nH]c(=S)n1-c1cc(Br)ccc1Cl. The Balaban J connectivity index is 2.71. The molecule has 84 valence electrons. The molecule has 2 rings (SSSR count). The van der Waals surface area contributed by atoms with Gasteiger partial charge < -0.3 is 0 Å². The molecule has 1 heterocycles. The van der Waals surface area contributed by atoms with E-state index in [4.69, 9.17) is 23.8 Å². The van der Waals surface area contributed by atoms with E-state index in [2.05, 4.69) is 26.1 Å². The molecule has 0 saturated carbocycles. The van der Waals surface area contributed by atoms with Gasteiger partial charge in [-0.25, -0.2) is 0 Å². The van der Waals surface area contributed by atoms with Gasteiger partial charge in [-0.2, -0.15) is 5.10 Å². The van der Waals surface area contributed by atoms with Crippen LogP contribution in [0.5, 0.6) is 0 Å². The molecule has 0 aliphatic rings. The minimum absolute atomic E-state index is 0.553. The number of halogens is 2. The smallest absolute Gasteiger partial charge is 0.199 e. The van der Waals surface area contributed by atoms with Crippen LogP contribution in [-0.4, -0.2) is 14.8 Å². The number of rotatable bonds is 2. The maximum Gasteiger partial charge on any atom is 0.199 e. The largest absolute Gasteiger partial charge is 0.271 e. The molecular weight excluding hydrogens is 310 g/mol. The molecule has 16 heavy (non-hydrogen) atoms. The van der Waals surface area contributed by atoms with Gasteiger partial charge in [-0.1, -0.05) is 34.5 Å². The average molecular weight is 319 g/mol. The van der Waals surface area contributed by atoms with Crippen LogP contribution in [0.15, 0.2) is 22.7 Å². The lowest BCUT2D eigenvalue weighted by molar-refractivity contribution is 0.880. The highest BCUT2D eigenvalue weighted by molar-refractivity contribution is 9.10. The third kappa shape index (κ3) is 2.07. The quantitative estimate of drug-likeness (QED) is 0.852. The van der Waals surface area contributed by atoms with Crippen LogP contribution >= 0.6 is 39.7 Å². The summed E-state index contributed by atoms with van der Waals surface area (Å²) in [6, 6.07) is 5.64. The van der Waals surface area contributed by atoms with Crippen molar-refractivity contribution >= 4 is 39.7 Å². The fourth-order valence-electron chi connectivity index (χ4n) is 1.47. The summed E-state index contributed by atoms with van der Waals surface area (Å²) < 4.78 is 3.36. The summed E-state index contributed by atoms with van der Waals surface area (Å²) in [6.45, 7) is 2.02. The Morgan fingerprint density at radius 2 is 2.31 bits per heavy atom. The van der Waals surface area contributed by atoms with Gasteiger partial charge >= 0.3 is 0 Å². The second kappa shape index (κ2) is 4.69. The van der Waals surface area contributed by atoms with Crippen molar-refractivity contribution in [1.82, 2.24) is 14.8 Å². The Kier molecular flexibility index (Phi) is 3.47. The van der Waals surface area contributed by atoms with Gasteiger partial charge in [0.05, 0.1) is 10.7 Å². The van der Waals surface area contributed by atoms with Crippen LogP contribution < -0.4 is 0 Å². The molecule has 0 atom stereocenters.